The minimum atomic E-state index is -0.0326. The number of pyridine rings is 1. The third-order valence-corrected chi connectivity index (χ3v) is 3.89. The lowest BCUT2D eigenvalue weighted by Crippen LogP contribution is -2.27. The van der Waals surface area contributed by atoms with Gasteiger partial charge in [-0.25, -0.2) is 0 Å². The molecule has 1 aromatic heterocycles. The number of hydrogen-bond donors (Lipinski definition) is 0. The van der Waals surface area contributed by atoms with E-state index in [0.29, 0.717) is 5.56 Å². The molecular weight excluding hydrogens is 262 g/mol. The van der Waals surface area contributed by atoms with Crippen LogP contribution in [0.5, 0.6) is 0 Å². The molecule has 21 heavy (non-hydrogen) atoms. The average Bonchev–Trinajstić information content (AvgIpc) is 3.09. The number of aromatic nitrogens is 1. The third-order valence-electron chi connectivity index (χ3n) is 3.89. The first-order valence-corrected chi connectivity index (χ1v) is 7.29. The Morgan fingerprint density at radius 2 is 1.86 bits per heavy atom. The predicted molar refractivity (Wildman–Crippen MR) is 84.9 cm³/mol. The Kier molecular flexibility index (Phi) is 3.86. The number of nitrogens with zero attached hydrogens (tertiary/aromatic N) is 3. The standard InChI is InChI=1S/C17H19N3O/c1-19(15-7-3-2-4-8-15)17(21)14-11-16(13-18-12-14)20-9-5-6-10-20/h2-4,7-8,11-13H,5-6,9-10H2,1H3. The first kappa shape index (κ1) is 13.6. The summed E-state index contributed by atoms with van der Waals surface area (Å²) < 4.78 is 0. The van der Waals surface area contributed by atoms with Crippen LogP contribution in [0, 0.1) is 0 Å². The van der Waals surface area contributed by atoms with Crippen molar-refractivity contribution < 1.29 is 4.79 Å². The van der Waals surface area contributed by atoms with Gasteiger partial charge in [0.05, 0.1) is 17.4 Å². The first-order valence-electron chi connectivity index (χ1n) is 7.29. The summed E-state index contributed by atoms with van der Waals surface area (Å²) in [5.41, 5.74) is 2.56. The number of anilines is 2. The molecule has 0 N–H and O–H groups in total. The Morgan fingerprint density at radius 3 is 2.57 bits per heavy atom. The smallest absolute Gasteiger partial charge is 0.259 e. The number of carbonyl (C=O) groups is 1. The Balaban J connectivity index is 1.83. The molecule has 1 aromatic carbocycles. The van der Waals surface area contributed by atoms with E-state index in [1.54, 1.807) is 18.1 Å². The highest BCUT2D eigenvalue weighted by atomic mass is 16.2. The van der Waals surface area contributed by atoms with Gasteiger partial charge in [0.25, 0.3) is 5.91 Å². The summed E-state index contributed by atoms with van der Waals surface area (Å²) in [6, 6.07) is 11.6. The van der Waals surface area contributed by atoms with E-state index in [1.165, 1.54) is 12.8 Å². The number of benzene rings is 1. The largest absolute Gasteiger partial charge is 0.370 e. The number of rotatable bonds is 3. The van der Waals surface area contributed by atoms with E-state index in [9.17, 15) is 4.79 Å². The molecule has 1 fully saturated rings. The van der Waals surface area contributed by atoms with E-state index in [-0.39, 0.29) is 5.91 Å². The van der Waals surface area contributed by atoms with Gasteiger partial charge in [-0.05, 0) is 31.0 Å². The van der Waals surface area contributed by atoms with E-state index in [2.05, 4.69) is 9.88 Å². The zero-order valence-corrected chi connectivity index (χ0v) is 12.2. The highest BCUT2D eigenvalue weighted by Crippen LogP contribution is 2.21. The van der Waals surface area contributed by atoms with E-state index < -0.39 is 0 Å². The van der Waals surface area contributed by atoms with E-state index >= 15 is 0 Å². The second-order valence-electron chi connectivity index (χ2n) is 5.33. The van der Waals surface area contributed by atoms with Crippen LogP contribution in [0.3, 0.4) is 0 Å². The fraction of sp³-hybridized carbons (Fsp3) is 0.294. The van der Waals surface area contributed by atoms with Gasteiger partial charge >= 0.3 is 0 Å². The van der Waals surface area contributed by atoms with Crippen molar-refractivity contribution in [3.05, 3.63) is 54.4 Å². The van der Waals surface area contributed by atoms with Crippen molar-refractivity contribution in [2.75, 3.05) is 29.9 Å². The molecule has 2 heterocycles. The molecule has 1 aliphatic heterocycles. The minimum Gasteiger partial charge on any atom is -0.370 e. The molecular formula is C17H19N3O. The molecule has 1 saturated heterocycles. The van der Waals surface area contributed by atoms with Crippen molar-refractivity contribution in [2.24, 2.45) is 0 Å². The van der Waals surface area contributed by atoms with Crippen molar-refractivity contribution in [1.29, 1.82) is 0 Å². The molecule has 0 bridgehead atoms. The van der Waals surface area contributed by atoms with E-state index in [0.717, 1.165) is 24.5 Å². The maximum Gasteiger partial charge on any atom is 0.259 e. The Labute approximate surface area is 125 Å². The monoisotopic (exact) mass is 281 g/mol. The summed E-state index contributed by atoms with van der Waals surface area (Å²) in [5, 5.41) is 0. The van der Waals surface area contributed by atoms with Gasteiger partial charge < -0.3 is 9.80 Å². The van der Waals surface area contributed by atoms with Crippen molar-refractivity contribution in [1.82, 2.24) is 4.98 Å². The van der Waals surface area contributed by atoms with Crippen LogP contribution in [0.15, 0.2) is 48.8 Å². The van der Waals surface area contributed by atoms with Gasteiger partial charge in [0.2, 0.25) is 0 Å². The number of carbonyl (C=O) groups excluding carboxylic acids is 1. The van der Waals surface area contributed by atoms with Crippen LogP contribution in [0.25, 0.3) is 0 Å². The molecule has 1 amide bonds. The van der Waals surface area contributed by atoms with Crippen molar-refractivity contribution in [3.8, 4) is 0 Å². The zero-order chi connectivity index (χ0) is 14.7. The summed E-state index contributed by atoms with van der Waals surface area (Å²) >= 11 is 0. The Hall–Kier alpha value is -2.36. The quantitative estimate of drug-likeness (QED) is 0.868. The summed E-state index contributed by atoms with van der Waals surface area (Å²) in [6.07, 6.45) is 5.90. The zero-order valence-electron chi connectivity index (χ0n) is 12.2. The van der Waals surface area contributed by atoms with Crippen molar-refractivity contribution >= 4 is 17.3 Å². The normalized spacial score (nSPS) is 14.2. The SMILES string of the molecule is CN(C(=O)c1cncc(N2CCCC2)c1)c1ccccc1. The van der Waals surface area contributed by atoms with Crippen LogP contribution in [-0.2, 0) is 0 Å². The molecule has 3 rings (SSSR count). The van der Waals surface area contributed by atoms with Gasteiger partial charge in [0.1, 0.15) is 0 Å². The Morgan fingerprint density at radius 1 is 1.14 bits per heavy atom. The highest BCUT2D eigenvalue weighted by Gasteiger charge is 2.17. The molecule has 1 aliphatic rings. The maximum absolute atomic E-state index is 12.6. The van der Waals surface area contributed by atoms with Crippen LogP contribution in [0.2, 0.25) is 0 Å². The summed E-state index contributed by atoms with van der Waals surface area (Å²) in [7, 11) is 1.79. The lowest BCUT2D eigenvalue weighted by atomic mass is 10.2. The van der Waals surface area contributed by atoms with Gasteiger partial charge in [-0.3, -0.25) is 9.78 Å². The molecule has 108 valence electrons. The fourth-order valence-corrected chi connectivity index (χ4v) is 2.66. The molecule has 0 atom stereocenters. The molecule has 0 saturated carbocycles. The molecule has 0 unspecified atom stereocenters. The number of hydrogen-bond acceptors (Lipinski definition) is 3. The van der Waals surface area contributed by atoms with Crippen LogP contribution in [0.1, 0.15) is 23.2 Å². The number of para-hydroxylation sites is 1. The van der Waals surface area contributed by atoms with Crippen LogP contribution in [-0.4, -0.2) is 31.0 Å². The van der Waals surface area contributed by atoms with Crippen LogP contribution < -0.4 is 9.80 Å². The second kappa shape index (κ2) is 5.95. The predicted octanol–water partition coefficient (Wildman–Crippen LogP) is 2.96. The van der Waals surface area contributed by atoms with Crippen LogP contribution in [0.4, 0.5) is 11.4 Å². The van der Waals surface area contributed by atoms with Crippen molar-refractivity contribution in [3.63, 3.8) is 0 Å². The minimum absolute atomic E-state index is 0.0326. The third kappa shape index (κ3) is 2.89. The maximum atomic E-state index is 12.6. The highest BCUT2D eigenvalue weighted by molar-refractivity contribution is 6.06. The van der Waals surface area contributed by atoms with E-state index in [1.807, 2.05) is 42.6 Å². The Bertz CT molecular complexity index is 621. The molecule has 2 aromatic rings. The lowest BCUT2D eigenvalue weighted by Gasteiger charge is -2.20. The van der Waals surface area contributed by atoms with Gasteiger partial charge in [-0.15, -0.1) is 0 Å². The average molecular weight is 281 g/mol. The molecule has 0 spiro atoms. The van der Waals surface area contributed by atoms with Gasteiger partial charge in [-0.1, -0.05) is 18.2 Å². The van der Waals surface area contributed by atoms with Gasteiger partial charge in [0.15, 0.2) is 0 Å². The van der Waals surface area contributed by atoms with E-state index in [4.69, 9.17) is 0 Å². The molecule has 0 radical (unpaired) electrons. The summed E-state index contributed by atoms with van der Waals surface area (Å²) in [6.45, 7) is 2.10. The summed E-state index contributed by atoms with van der Waals surface area (Å²) in [5.74, 6) is -0.0326. The topological polar surface area (TPSA) is 36.4 Å². The second-order valence-corrected chi connectivity index (χ2v) is 5.33. The van der Waals surface area contributed by atoms with Gasteiger partial charge in [0, 0.05) is 32.0 Å². The summed E-state index contributed by atoms with van der Waals surface area (Å²) in [4.78, 5) is 20.8. The van der Waals surface area contributed by atoms with Crippen molar-refractivity contribution in [2.45, 2.75) is 12.8 Å². The molecule has 0 aliphatic carbocycles. The fourth-order valence-electron chi connectivity index (χ4n) is 2.66. The lowest BCUT2D eigenvalue weighted by molar-refractivity contribution is 0.0992. The van der Waals surface area contributed by atoms with Gasteiger partial charge in [-0.2, -0.15) is 0 Å². The first-order chi connectivity index (χ1) is 10.3. The molecule has 4 nitrogen and oxygen atoms in total. The number of amides is 1. The van der Waals surface area contributed by atoms with Crippen LogP contribution >= 0.6 is 0 Å². The molecule has 4 heteroatoms.